The van der Waals surface area contributed by atoms with E-state index in [1.165, 1.54) is 11.1 Å². The predicted octanol–water partition coefficient (Wildman–Crippen LogP) is 7.22. The van der Waals surface area contributed by atoms with Gasteiger partial charge >= 0.3 is 0 Å². The van der Waals surface area contributed by atoms with E-state index in [0.717, 1.165) is 22.5 Å². The number of benzene rings is 4. The molecule has 0 aliphatic rings. The zero-order valence-electron chi connectivity index (χ0n) is 20.3. The first kappa shape index (κ1) is 23.8. The first-order valence-corrected chi connectivity index (χ1v) is 11.4. The molecule has 5 nitrogen and oxygen atoms in total. The third-order valence-electron chi connectivity index (χ3n) is 6.00. The molecule has 0 aliphatic heterocycles. The van der Waals surface area contributed by atoms with Crippen LogP contribution in [0.2, 0.25) is 0 Å². The summed E-state index contributed by atoms with van der Waals surface area (Å²) in [5, 5.41) is 5.84. The number of carbonyl (C=O) groups is 2. The summed E-state index contributed by atoms with van der Waals surface area (Å²) < 4.78 is 5.88. The van der Waals surface area contributed by atoms with Crippen molar-refractivity contribution in [2.75, 3.05) is 10.6 Å². The van der Waals surface area contributed by atoms with Gasteiger partial charge in [0.1, 0.15) is 11.5 Å². The van der Waals surface area contributed by atoms with Crippen LogP contribution in [-0.2, 0) is 0 Å². The lowest BCUT2D eigenvalue weighted by molar-refractivity contribution is 0.101. The number of amides is 2. The van der Waals surface area contributed by atoms with E-state index in [9.17, 15) is 9.59 Å². The summed E-state index contributed by atoms with van der Waals surface area (Å²) in [5.41, 5.74) is 7.21. The molecular weight excluding hydrogens is 436 g/mol. The Bertz CT molecular complexity index is 1270. The van der Waals surface area contributed by atoms with Crippen LogP contribution >= 0.6 is 0 Å². The number of ether oxygens (including phenoxy) is 1. The summed E-state index contributed by atoms with van der Waals surface area (Å²) in [5.74, 6) is 0.831. The molecule has 5 heteroatoms. The number of hydrogen-bond acceptors (Lipinski definition) is 3. The van der Waals surface area contributed by atoms with Gasteiger partial charge in [0.05, 0.1) is 0 Å². The molecule has 35 heavy (non-hydrogen) atoms. The molecule has 2 amide bonds. The van der Waals surface area contributed by atoms with Crippen molar-refractivity contribution in [2.24, 2.45) is 0 Å². The molecule has 0 bridgehead atoms. The maximum Gasteiger partial charge on any atom is 0.255 e. The third kappa shape index (κ3) is 5.95. The summed E-state index contributed by atoms with van der Waals surface area (Å²) >= 11 is 0. The predicted molar refractivity (Wildman–Crippen MR) is 141 cm³/mol. The van der Waals surface area contributed by atoms with E-state index in [2.05, 4.69) is 10.6 Å². The third-order valence-corrected chi connectivity index (χ3v) is 6.00. The van der Waals surface area contributed by atoms with Gasteiger partial charge in [0.25, 0.3) is 11.8 Å². The summed E-state index contributed by atoms with van der Waals surface area (Å²) in [6, 6.07) is 25.5. The van der Waals surface area contributed by atoms with E-state index >= 15 is 0 Å². The Morgan fingerprint density at radius 3 is 1.23 bits per heavy atom. The molecule has 0 unspecified atom stereocenters. The van der Waals surface area contributed by atoms with Crippen molar-refractivity contribution >= 4 is 23.2 Å². The zero-order chi connectivity index (χ0) is 24.9. The highest BCUT2D eigenvalue weighted by atomic mass is 16.5. The molecule has 0 aromatic heterocycles. The van der Waals surface area contributed by atoms with Gasteiger partial charge in [-0.2, -0.15) is 0 Å². The number of carbonyl (C=O) groups excluding carboxylic acids is 2. The standard InChI is InChI=1S/C30H28N2O3/c1-19-5-11-25(17-21(19)3)31-29(33)23-7-13-27(14-8-23)35-28-15-9-24(10-16-28)30(34)32-26-12-6-20(2)22(4)18-26/h5-18H,1-4H3,(H,31,33)(H,32,34). The Balaban J connectivity index is 1.36. The number of aryl methyl sites for hydroxylation is 4. The second-order valence-corrected chi connectivity index (χ2v) is 8.66. The molecule has 0 fully saturated rings. The molecule has 0 spiro atoms. The lowest BCUT2D eigenvalue weighted by Crippen LogP contribution is -2.12. The molecule has 4 aromatic rings. The van der Waals surface area contributed by atoms with Crippen molar-refractivity contribution in [3.8, 4) is 11.5 Å². The van der Waals surface area contributed by atoms with Crippen LogP contribution in [0.1, 0.15) is 43.0 Å². The van der Waals surface area contributed by atoms with E-state index < -0.39 is 0 Å². The Morgan fingerprint density at radius 2 is 0.886 bits per heavy atom. The van der Waals surface area contributed by atoms with Crippen molar-refractivity contribution in [3.63, 3.8) is 0 Å². The Morgan fingerprint density at radius 1 is 0.514 bits per heavy atom. The molecule has 0 heterocycles. The van der Waals surface area contributed by atoms with E-state index in [4.69, 9.17) is 4.74 Å². The topological polar surface area (TPSA) is 67.4 Å². The second-order valence-electron chi connectivity index (χ2n) is 8.66. The van der Waals surface area contributed by atoms with Crippen LogP contribution in [0.5, 0.6) is 11.5 Å². The van der Waals surface area contributed by atoms with Gasteiger partial charge in [-0.15, -0.1) is 0 Å². The normalized spacial score (nSPS) is 10.5. The van der Waals surface area contributed by atoms with E-state index in [-0.39, 0.29) is 11.8 Å². The van der Waals surface area contributed by atoms with Gasteiger partial charge in [0.15, 0.2) is 0 Å². The SMILES string of the molecule is Cc1ccc(NC(=O)c2ccc(Oc3ccc(C(=O)Nc4ccc(C)c(C)c4)cc3)cc2)cc1C. The average molecular weight is 465 g/mol. The molecular formula is C30H28N2O3. The molecule has 4 rings (SSSR count). The van der Waals surface area contributed by atoms with Crippen LogP contribution < -0.4 is 15.4 Å². The second kappa shape index (κ2) is 10.3. The van der Waals surface area contributed by atoms with E-state index in [1.54, 1.807) is 48.5 Å². The van der Waals surface area contributed by atoms with Crippen molar-refractivity contribution in [3.05, 3.63) is 118 Å². The van der Waals surface area contributed by atoms with Gasteiger partial charge in [-0.1, -0.05) is 12.1 Å². The van der Waals surface area contributed by atoms with Crippen molar-refractivity contribution in [1.29, 1.82) is 0 Å². The van der Waals surface area contributed by atoms with Crippen LogP contribution in [0.25, 0.3) is 0 Å². The monoisotopic (exact) mass is 464 g/mol. The molecule has 0 radical (unpaired) electrons. The first-order chi connectivity index (χ1) is 16.8. The molecule has 176 valence electrons. The highest BCUT2D eigenvalue weighted by Gasteiger charge is 2.09. The van der Waals surface area contributed by atoms with E-state index in [1.807, 2.05) is 64.1 Å². The highest BCUT2D eigenvalue weighted by Crippen LogP contribution is 2.23. The van der Waals surface area contributed by atoms with Gasteiger partial charge in [0.2, 0.25) is 0 Å². The zero-order valence-corrected chi connectivity index (χ0v) is 20.3. The van der Waals surface area contributed by atoms with Crippen LogP contribution in [0, 0.1) is 27.7 Å². The fourth-order valence-electron chi connectivity index (χ4n) is 3.53. The van der Waals surface area contributed by atoms with Crippen molar-refractivity contribution in [2.45, 2.75) is 27.7 Å². The fraction of sp³-hybridized carbons (Fsp3) is 0.133. The smallest absolute Gasteiger partial charge is 0.255 e. The largest absolute Gasteiger partial charge is 0.457 e. The quantitative estimate of drug-likeness (QED) is 0.317. The highest BCUT2D eigenvalue weighted by molar-refractivity contribution is 6.05. The summed E-state index contributed by atoms with van der Waals surface area (Å²) in [6.07, 6.45) is 0. The number of rotatable bonds is 6. The maximum atomic E-state index is 12.6. The van der Waals surface area contributed by atoms with Gasteiger partial charge in [-0.3, -0.25) is 9.59 Å². The Kier molecular flexibility index (Phi) is 6.97. The molecule has 0 saturated heterocycles. The summed E-state index contributed by atoms with van der Waals surface area (Å²) in [7, 11) is 0. The van der Waals surface area contributed by atoms with Crippen molar-refractivity contribution < 1.29 is 14.3 Å². The number of anilines is 2. The van der Waals surface area contributed by atoms with Crippen LogP contribution in [0.15, 0.2) is 84.9 Å². The molecule has 0 aliphatic carbocycles. The van der Waals surface area contributed by atoms with E-state index in [0.29, 0.717) is 22.6 Å². The average Bonchev–Trinajstić information content (AvgIpc) is 2.84. The van der Waals surface area contributed by atoms with Crippen LogP contribution in [-0.4, -0.2) is 11.8 Å². The number of nitrogens with one attached hydrogen (secondary N) is 2. The molecule has 0 saturated carbocycles. The maximum absolute atomic E-state index is 12.6. The summed E-state index contributed by atoms with van der Waals surface area (Å²) in [6.45, 7) is 8.10. The van der Waals surface area contributed by atoms with Crippen molar-refractivity contribution in [1.82, 2.24) is 0 Å². The van der Waals surface area contributed by atoms with Gasteiger partial charge in [-0.25, -0.2) is 0 Å². The lowest BCUT2D eigenvalue weighted by atomic mass is 10.1. The van der Waals surface area contributed by atoms with Gasteiger partial charge in [0, 0.05) is 22.5 Å². The minimum atomic E-state index is -0.182. The molecule has 4 aromatic carbocycles. The minimum absolute atomic E-state index is 0.182. The van der Waals surface area contributed by atoms with Crippen LogP contribution in [0.4, 0.5) is 11.4 Å². The van der Waals surface area contributed by atoms with Crippen LogP contribution in [0.3, 0.4) is 0 Å². The van der Waals surface area contributed by atoms with Gasteiger partial charge < -0.3 is 15.4 Å². The van der Waals surface area contributed by atoms with Gasteiger partial charge in [-0.05, 0) is 123 Å². The Labute approximate surface area is 205 Å². The minimum Gasteiger partial charge on any atom is -0.457 e. The number of hydrogen-bond donors (Lipinski definition) is 2. The first-order valence-electron chi connectivity index (χ1n) is 11.4. The fourth-order valence-corrected chi connectivity index (χ4v) is 3.53. The summed E-state index contributed by atoms with van der Waals surface area (Å²) in [4.78, 5) is 25.1. The molecule has 2 N–H and O–H groups in total. The Hall–Kier alpha value is -4.38. The lowest BCUT2D eigenvalue weighted by Gasteiger charge is -2.10. The molecule has 0 atom stereocenters.